The van der Waals surface area contributed by atoms with E-state index in [0.717, 1.165) is 62.6 Å². The summed E-state index contributed by atoms with van der Waals surface area (Å²) < 4.78 is 1.81. The minimum Gasteiger partial charge on any atom is -0.352 e. The summed E-state index contributed by atoms with van der Waals surface area (Å²) in [5, 5.41) is 17.7. The molecule has 2 aliphatic rings. The number of hydrogen-bond donors (Lipinski definition) is 0. The van der Waals surface area contributed by atoms with E-state index in [1.165, 1.54) is 11.1 Å². The first kappa shape index (κ1) is 21.1. The maximum absolute atomic E-state index is 13.1. The normalized spacial score (nSPS) is 16.4. The summed E-state index contributed by atoms with van der Waals surface area (Å²) in [4.78, 5) is 21.7. The van der Waals surface area contributed by atoms with E-state index in [2.05, 4.69) is 39.3 Å². The van der Waals surface area contributed by atoms with E-state index in [9.17, 15) is 4.79 Å². The summed E-state index contributed by atoms with van der Waals surface area (Å²) in [6.07, 6.45) is 4.52. The molecule has 8 heteroatoms. The summed E-state index contributed by atoms with van der Waals surface area (Å²) in [6.45, 7) is 7.27. The minimum atomic E-state index is -0.0199. The van der Waals surface area contributed by atoms with E-state index in [-0.39, 0.29) is 5.91 Å². The average molecular weight is 442 g/mol. The van der Waals surface area contributed by atoms with E-state index in [4.69, 9.17) is 5.26 Å². The van der Waals surface area contributed by atoms with Crippen molar-refractivity contribution in [3.63, 3.8) is 0 Å². The lowest BCUT2D eigenvalue weighted by atomic mass is 9.97. The van der Waals surface area contributed by atoms with Crippen molar-refractivity contribution in [3.05, 3.63) is 64.6 Å². The van der Waals surface area contributed by atoms with Gasteiger partial charge in [0.25, 0.3) is 5.91 Å². The number of nitrogens with zero attached hydrogens (tertiary/aromatic N) is 7. The number of fused-ring (bicyclic) bond motifs is 1. The van der Waals surface area contributed by atoms with E-state index in [1.807, 2.05) is 34.7 Å². The van der Waals surface area contributed by atoms with Gasteiger partial charge in [-0.3, -0.25) is 4.79 Å². The molecule has 0 spiro atoms. The molecule has 1 fully saturated rings. The maximum atomic E-state index is 13.1. The van der Waals surface area contributed by atoms with Crippen LogP contribution in [0.2, 0.25) is 0 Å². The van der Waals surface area contributed by atoms with Crippen molar-refractivity contribution in [2.45, 2.75) is 39.7 Å². The Morgan fingerprint density at radius 2 is 1.97 bits per heavy atom. The van der Waals surface area contributed by atoms with Gasteiger partial charge < -0.3 is 9.80 Å². The number of anilines is 1. The predicted octanol–water partition coefficient (Wildman–Crippen LogP) is 3.28. The second kappa shape index (κ2) is 8.66. The smallest absolute Gasteiger partial charge is 0.276 e. The zero-order valence-electron chi connectivity index (χ0n) is 19.0. The Kier molecular flexibility index (Phi) is 5.55. The van der Waals surface area contributed by atoms with Crippen molar-refractivity contribution < 1.29 is 4.79 Å². The van der Waals surface area contributed by atoms with Crippen molar-refractivity contribution in [1.29, 1.82) is 5.26 Å². The van der Waals surface area contributed by atoms with Gasteiger partial charge in [-0.15, -0.1) is 5.10 Å². The highest BCUT2D eigenvalue weighted by Gasteiger charge is 2.27. The van der Waals surface area contributed by atoms with E-state index in [0.29, 0.717) is 17.2 Å². The van der Waals surface area contributed by atoms with Gasteiger partial charge >= 0.3 is 0 Å². The first-order valence-corrected chi connectivity index (χ1v) is 11.5. The van der Waals surface area contributed by atoms with Gasteiger partial charge in [0.2, 0.25) is 0 Å². The van der Waals surface area contributed by atoms with Crippen molar-refractivity contribution in [1.82, 2.24) is 24.9 Å². The number of piperidine rings is 1. The molecule has 0 radical (unpaired) electrons. The van der Waals surface area contributed by atoms with E-state index < -0.39 is 0 Å². The fourth-order valence-electron chi connectivity index (χ4n) is 4.74. The molecule has 168 valence electrons. The average Bonchev–Trinajstić information content (AvgIpc) is 3.24. The van der Waals surface area contributed by atoms with Crippen molar-refractivity contribution in [3.8, 4) is 11.8 Å². The fourth-order valence-corrected chi connectivity index (χ4v) is 4.74. The van der Waals surface area contributed by atoms with Gasteiger partial charge in [0.05, 0.1) is 16.9 Å². The third-order valence-corrected chi connectivity index (χ3v) is 6.84. The molecule has 0 saturated carbocycles. The minimum absolute atomic E-state index is 0.0199. The second-order valence-electron chi connectivity index (χ2n) is 9.01. The highest BCUT2D eigenvalue weighted by atomic mass is 16.2. The highest BCUT2D eigenvalue weighted by Crippen LogP contribution is 2.29. The van der Waals surface area contributed by atoms with Crippen LogP contribution in [0.3, 0.4) is 0 Å². The molecule has 1 aromatic carbocycles. The summed E-state index contributed by atoms with van der Waals surface area (Å²) in [6, 6.07) is 12.0. The van der Waals surface area contributed by atoms with Crippen LogP contribution >= 0.6 is 0 Å². The van der Waals surface area contributed by atoms with Crippen LogP contribution < -0.4 is 4.90 Å². The molecule has 0 bridgehead atoms. The topological polar surface area (TPSA) is 90.9 Å². The molecule has 33 heavy (non-hydrogen) atoms. The fraction of sp³-hybridized carbons (Fsp3) is 0.400. The molecule has 0 aliphatic carbocycles. The van der Waals surface area contributed by atoms with Gasteiger partial charge in [-0.05, 0) is 61.4 Å². The number of likely N-dealkylation sites (tertiary alicyclic amines) is 1. The third-order valence-electron chi connectivity index (χ3n) is 6.84. The standard InChI is InChI=1S/C25H27N7O/c1-17-8-11-30(12-9-17)25(33)24-18(2)32(29-28-24)22-5-3-4-20-16-31(13-10-21(20)22)23-7-6-19(14-26)15-27-23/h3-7,15,17H,8-13,16H2,1-2H3. The van der Waals surface area contributed by atoms with Gasteiger partial charge in [0, 0.05) is 32.4 Å². The quantitative estimate of drug-likeness (QED) is 0.620. The molecule has 0 atom stereocenters. The number of carbonyl (C=O) groups excluding carboxylic acids is 1. The number of benzene rings is 1. The van der Waals surface area contributed by atoms with Crippen LogP contribution in [0, 0.1) is 24.2 Å². The zero-order chi connectivity index (χ0) is 22.9. The molecular weight excluding hydrogens is 414 g/mol. The van der Waals surface area contributed by atoms with Gasteiger partial charge in [-0.2, -0.15) is 5.26 Å². The molecule has 8 nitrogen and oxygen atoms in total. The van der Waals surface area contributed by atoms with Gasteiger partial charge in [-0.25, -0.2) is 9.67 Å². The summed E-state index contributed by atoms with van der Waals surface area (Å²) in [7, 11) is 0. The molecule has 2 aliphatic heterocycles. The van der Waals surface area contributed by atoms with Crippen molar-refractivity contribution >= 4 is 11.7 Å². The second-order valence-corrected chi connectivity index (χ2v) is 9.01. The molecule has 2 aromatic heterocycles. The molecule has 4 heterocycles. The lowest BCUT2D eigenvalue weighted by Crippen LogP contribution is -2.38. The molecule has 5 rings (SSSR count). The van der Waals surface area contributed by atoms with E-state index in [1.54, 1.807) is 12.3 Å². The highest BCUT2D eigenvalue weighted by molar-refractivity contribution is 5.93. The third kappa shape index (κ3) is 3.95. The number of nitriles is 1. The van der Waals surface area contributed by atoms with Crippen LogP contribution in [0.1, 0.15) is 52.6 Å². The first-order chi connectivity index (χ1) is 16.0. The number of carbonyl (C=O) groups is 1. The van der Waals surface area contributed by atoms with Crippen LogP contribution in [0.25, 0.3) is 5.69 Å². The van der Waals surface area contributed by atoms with Crippen LogP contribution in [0.15, 0.2) is 36.5 Å². The Morgan fingerprint density at radius 3 is 2.70 bits per heavy atom. The Balaban J connectivity index is 1.40. The monoisotopic (exact) mass is 441 g/mol. The van der Waals surface area contributed by atoms with Gasteiger partial charge in [0.1, 0.15) is 11.9 Å². The summed E-state index contributed by atoms with van der Waals surface area (Å²) >= 11 is 0. The number of hydrogen-bond acceptors (Lipinski definition) is 6. The lowest BCUT2D eigenvalue weighted by molar-refractivity contribution is 0.0690. The molecule has 3 aromatic rings. The number of pyridine rings is 1. The molecule has 1 saturated heterocycles. The molecule has 0 N–H and O–H groups in total. The maximum Gasteiger partial charge on any atom is 0.276 e. The lowest BCUT2D eigenvalue weighted by Gasteiger charge is -2.31. The first-order valence-electron chi connectivity index (χ1n) is 11.5. The van der Waals surface area contributed by atoms with Crippen LogP contribution in [0.5, 0.6) is 0 Å². The Morgan fingerprint density at radius 1 is 1.15 bits per heavy atom. The zero-order valence-corrected chi connectivity index (χ0v) is 19.0. The van der Waals surface area contributed by atoms with Gasteiger partial charge in [0.15, 0.2) is 5.69 Å². The summed E-state index contributed by atoms with van der Waals surface area (Å²) in [5.41, 5.74) is 5.20. The predicted molar refractivity (Wildman–Crippen MR) is 124 cm³/mol. The SMILES string of the molecule is Cc1c(C(=O)N2CCC(C)CC2)nnn1-c1cccc2c1CCN(c1ccc(C#N)cn1)C2. The molecule has 0 unspecified atom stereocenters. The molecular formula is C25H27N7O. The summed E-state index contributed by atoms with van der Waals surface area (Å²) in [5.74, 6) is 1.51. The van der Waals surface area contributed by atoms with Crippen LogP contribution in [-0.2, 0) is 13.0 Å². The van der Waals surface area contributed by atoms with E-state index >= 15 is 0 Å². The van der Waals surface area contributed by atoms with Crippen molar-refractivity contribution in [2.24, 2.45) is 5.92 Å². The molecule has 1 amide bonds. The Hall–Kier alpha value is -3.73. The number of rotatable bonds is 3. The van der Waals surface area contributed by atoms with Crippen LogP contribution in [0.4, 0.5) is 5.82 Å². The largest absolute Gasteiger partial charge is 0.352 e. The van der Waals surface area contributed by atoms with Crippen molar-refractivity contribution in [2.75, 3.05) is 24.5 Å². The number of aromatic nitrogens is 4. The number of amides is 1. The van der Waals surface area contributed by atoms with Gasteiger partial charge in [-0.1, -0.05) is 24.3 Å². The Labute approximate surface area is 193 Å². The Bertz CT molecular complexity index is 1220. The van der Waals surface area contributed by atoms with Crippen LogP contribution in [-0.4, -0.2) is 50.4 Å².